The molecule has 2 aliphatic rings. The van der Waals surface area contributed by atoms with Gasteiger partial charge in [-0.3, -0.25) is 0 Å². The third kappa shape index (κ3) is 2.57. The van der Waals surface area contributed by atoms with E-state index in [0.29, 0.717) is 6.04 Å². The largest absolute Gasteiger partial charge is 0.360 e. The molecule has 0 amide bonds. The second kappa shape index (κ2) is 5.17. The molecule has 2 nitrogen and oxygen atoms in total. The minimum atomic E-state index is 0.514. The van der Waals surface area contributed by atoms with E-state index in [-0.39, 0.29) is 0 Å². The van der Waals surface area contributed by atoms with Crippen LogP contribution in [0.25, 0.3) is 0 Å². The zero-order chi connectivity index (χ0) is 11.5. The van der Waals surface area contributed by atoms with E-state index in [1.807, 2.05) is 6.08 Å². The van der Waals surface area contributed by atoms with Crippen molar-refractivity contribution in [2.75, 3.05) is 6.54 Å². The van der Waals surface area contributed by atoms with Gasteiger partial charge >= 0.3 is 0 Å². The molecule has 4 atom stereocenters. The fourth-order valence-electron chi connectivity index (χ4n) is 3.44. The van der Waals surface area contributed by atoms with Gasteiger partial charge in [0.2, 0.25) is 0 Å². The minimum Gasteiger partial charge on any atom is -0.360 e. The Bertz CT molecular complexity index is 277. The maximum atomic E-state index is 5.25. The highest BCUT2D eigenvalue weighted by Crippen LogP contribution is 2.49. The maximum Gasteiger partial charge on any atom is 0.166 e. The molecule has 0 unspecified atom stereocenters. The Morgan fingerprint density at radius 3 is 2.88 bits per heavy atom. The quantitative estimate of drug-likeness (QED) is 0.581. The van der Waals surface area contributed by atoms with Crippen molar-refractivity contribution in [2.24, 2.45) is 17.8 Å². The highest BCUT2D eigenvalue weighted by Gasteiger charge is 2.41. The summed E-state index contributed by atoms with van der Waals surface area (Å²) in [5.74, 6) is 2.80. The monoisotopic (exact) mass is 238 g/mol. The van der Waals surface area contributed by atoms with Crippen LogP contribution in [0.2, 0.25) is 0 Å². The summed E-state index contributed by atoms with van der Waals surface area (Å²) in [5.41, 5.74) is 0. The average Bonchev–Trinajstić information content (AvgIpc) is 2.87. The fraction of sp³-hybridized carbons (Fsp3) is 0.769. The molecule has 0 saturated heterocycles. The fourth-order valence-corrected chi connectivity index (χ4v) is 3.71. The molecule has 2 rings (SSSR count). The Morgan fingerprint density at radius 2 is 2.31 bits per heavy atom. The lowest BCUT2D eigenvalue weighted by molar-refractivity contribution is 0.278. The summed E-state index contributed by atoms with van der Waals surface area (Å²) in [6.07, 6.45) is 7.60. The molecular weight excluding hydrogens is 216 g/mol. The summed E-state index contributed by atoms with van der Waals surface area (Å²) >= 11 is 5.25. The molecule has 2 N–H and O–H groups in total. The molecule has 90 valence electrons. The van der Waals surface area contributed by atoms with Gasteiger partial charge in [-0.2, -0.15) is 0 Å². The molecule has 0 aromatic carbocycles. The highest BCUT2D eigenvalue weighted by molar-refractivity contribution is 7.80. The third-order valence-corrected chi connectivity index (χ3v) is 4.46. The molecular formula is C13H22N2S. The van der Waals surface area contributed by atoms with Gasteiger partial charge in [0, 0.05) is 12.6 Å². The Balaban J connectivity index is 1.77. The summed E-state index contributed by atoms with van der Waals surface area (Å²) in [4.78, 5) is 0. The minimum absolute atomic E-state index is 0.514. The Labute approximate surface area is 104 Å². The van der Waals surface area contributed by atoms with Crippen molar-refractivity contribution in [3.8, 4) is 0 Å². The molecule has 3 heteroatoms. The summed E-state index contributed by atoms with van der Waals surface area (Å²) in [7, 11) is 0. The first kappa shape index (κ1) is 11.9. The summed E-state index contributed by atoms with van der Waals surface area (Å²) in [5, 5.41) is 7.32. The van der Waals surface area contributed by atoms with E-state index in [4.69, 9.17) is 12.2 Å². The number of thiocarbonyl (C=S) groups is 1. The molecule has 0 aliphatic heterocycles. The zero-order valence-electron chi connectivity index (χ0n) is 10.0. The molecule has 0 aromatic rings. The van der Waals surface area contributed by atoms with Gasteiger partial charge in [-0.25, -0.2) is 0 Å². The van der Waals surface area contributed by atoms with E-state index < -0.39 is 0 Å². The molecule has 0 aromatic heterocycles. The topological polar surface area (TPSA) is 24.1 Å². The van der Waals surface area contributed by atoms with E-state index in [0.717, 1.165) is 29.4 Å². The van der Waals surface area contributed by atoms with Crippen LogP contribution in [-0.2, 0) is 0 Å². The van der Waals surface area contributed by atoms with Crippen molar-refractivity contribution in [3.05, 3.63) is 12.7 Å². The van der Waals surface area contributed by atoms with Crippen LogP contribution in [-0.4, -0.2) is 17.7 Å². The van der Waals surface area contributed by atoms with E-state index in [2.05, 4.69) is 24.1 Å². The van der Waals surface area contributed by atoms with Crippen LogP contribution in [0.15, 0.2) is 12.7 Å². The van der Waals surface area contributed by atoms with Crippen molar-refractivity contribution in [1.82, 2.24) is 10.6 Å². The Morgan fingerprint density at radius 1 is 1.50 bits per heavy atom. The number of fused-ring (bicyclic) bond motifs is 2. The molecule has 0 spiro atoms. The van der Waals surface area contributed by atoms with Crippen LogP contribution >= 0.6 is 12.2 Å². The Kier molecular flexibility index (Phi) is 3.85. The maximum absolute atomic E-state index is 5.25. The number of rotatable bonds is 4. The molecule has 2 bridgehead atoms. The van der Waals surface area contributed by atoms with Gasteiger partial charge in [0.1, 0.15) is 0 Å². The Hall–Kier alpha value is -0.570. The van der Waals surface area contributed by atoms with Crippen LogP contribution in [0.5, 0.6) is 0 Å². The van der Waals surface area contributed by atoms with Crippen LogP contribution in [0.4, 0.5) is 0 Å². The van der Waals surface area contributed by atoms with Crippen LogP contribution in [0, 0.1) is 17.8 Å². The number of hydrogen-bond acceptors (Lipinski definition) is 1. The lowest BCUT2D eigenvalue weighted by Crippen LogP contribution is -2.45. The van der Waals surface area contributed by atoms with E-state index in [1.165, 1.54) is 25.7 Å². The van der Waals surface area contributed by atoms with Crippen LogP contribution < -0.4 is 10.6 Å². The molecule has 0 heterocycles. The van der Waals surface area contributed by atoms with Crippen LogP contribution in [0.1, 0.15) is 32.6 Å². The highest BCUT2D eigenvalue weighted by atomic mass is 32.1. The summed E-state index contributed by atoms with van der Waals surface area (Å²) in [6, 6.07) is 0.514. The van der Waals surface area contributed by atoms with Crippen LogP contribution in [0.3, 0.4) is 0 Å². The SMILES string of the molecule is C=CCNC(=S)N[C@@H](C)[C@H]1C[C@@H]2CC[C@H]1C2. The third-order valence-electron chi connectivity index (χ3n) is 4.20. The standard InChI is InChI=1S/C13H22N2S/c1-3-6-14-13(16)15-9(2)12-8-10-4-5-11(12)7-10/h3,9-12H,1,4-8H2,2H3,(H2,14,15,16)/t9-,10+,11-,12+/m0/s1. The first-order valence-electron chi connectivity index (χ1n) is 6.36. The summed E-state index contributed by atoms with van der Waals surface area (Å²) in [6.45, 7) is 6.69. The van der Waals surface area contributed by atoms with Crippen molar-refractivity contribution in [1.29, 1.82) is 0 Å². The van der Waals surface area contributed by atoms with Crippen molar-refractivity contribution < 1.29 is 0 Å². The van der Waals surface area contributed by atoms with E-state index in [1.54, 1.807) is 0 Å². The summed E-state index contributed by atoms with van der Waals surface area (Å²) < 4.78 is 0. The van der Waals surface area contributed by atoms with E-state index >= 15 is 0 Å². The number of nitrogens with one attached hydrogen (secondary N) is 2. The van der Waals surface area contributed by atoms with Gasteiger partial charge < -0.3 is 10.6 Å². The predicted molar refractivity (Wildman–Crippen MR) is 72.3 cm³/mol. The lowest BCUT2D eigenvalue weighted by atomic mass is 9.84. The molecule has 2 saturated carbocycles. The second-order valence-electron chi connectivity index (χ2n) is 5.27. The zero-order valence-corrected chi connectivity index (χ0v) is 10.9. The molecule has 0 radical (unpaired) electrons. The van der Waals surface area contributed by atoms with Crippen molar-refractivity contribution in [2.45, 2.75) is 38.6 Å². The molecule has 2 fully saturated rings. The van der Waals surface area contributed by atoms with E-state index in [9.17, 15) is 0 Å². The number of hydrogen-bond donors (Lipinski definition) is 2. The van der Waals surface area contributed by atoms with Crippen molar-refractivity contribution >= 4 is 17.3 Å². The van der Waals surface area contributed by atoms with Gasteiger partial charge in [-0.1, -0.05) is 12.5 Å². The first-order valence-corrected chi connectivity index (χ1v) is 6.76. The molecule has 16 heavy (non-hydrogen) atoms. The van der Waals surface area contributed by atoms with Gasteiger partial charge in [0.05, 0.1) is 0 Å². The molecule has 2 aliphatic carbocycles. The smallest absolute Gasteiger partial charge is 0.166 e. The normalized spacial score (nSPS) is 33.4. The van der Waals surface area contributed by atoms with Crippen molar-refractivity contribution in [3.63, 3.8) is 0 Å². The average molecular weight is 238 g/mol. The van der Waals surface area contributed by atoms with Gasteiger partial charge in [0.15, 0.2) is 5.11 Å². The van der Waals surface area contributed by atoms with Gasteiger partial charge in [-0.05, 0) is 56.2 Å². The predicted octanol–water partition coefficient (Wildman–Crippen LogP) is 2.46. The van der Waals surface area contributed by atoms with Gasteiger partial charge in [0.25, 0.3) is 0 Å². The van der Waals surface area contributed by atoms with Gasteiger partial charge in [-0.15, -0.1) is 6.58 Å². The second-order valence-corrected chi connectivity index (χ2v) is 5.68. The first-order chi connectivity index (χ1) is 7.70. The lowest BCUT2D eigenvalue weighted by Gasteiger charge is -2.29.